The third kappa shape index (κ3) is 82.7. The van der Waals surface area contributed by atoms with Crippen LogP contribution in [0.4, 0.5) is 0 Å². The minimum Gasteiger partial charge on any atom is 0 e. The first kappa shape index (κ1) is 47.6. The van der Waals surface area contributed by atoms with E-state index in [-0.39, 0.29) is 15.8 Å². The number of rotatable bonds is 0. The minimum atomic E-state index is -1.52. The van der Waals surface area contributed by atoms with Gasteiger partial charge in [-0.1, -0.05) is 116 Å². The van der Waals surface area contributed by atoms with Gasteiger partial charge in [-0.2, -0.15) is 0 Å². The average molecular weight is 520 g/mol. The van der Waals surface area contributed by atoms with Crippen molar-refractivity contribution in [2.45, 2.75) is 155 Å². The van der Waals surface area contributed by atoms with Crippen LogP contribution in [-0.2, 0) is 0 Å². The molecule has 29 heavy (non-hydrogen) atoms. The molecule has 0 aliphatic rings. The van der Waals surface area contributed by atoms with E-state index >= 15 is 0 Å². The topological polar surface area (TPSA) is 0 Å². The molecular weight excluding hydrogens is 453 g/mol. The smallest absolute Gasteiger partial charge is 0 e. The van der Waals surface area contributed by atoms with Gasteiger partial charge in [0.2, 0.25) is 0 Å². The normalized spacial score (nSPS) is 11.1. The Labute approximate surface area is 199 Å². The maximum absolute atomic E-state index is 2.48. The fourth-order valence-electron chi connectivity index (χ4n) is 0. The molecule has 0 N–H and O–H groups in total. The summed E-state index contributed by atoms with van der Waals surface area (Å²) in [6.45, 7) is 40.7. The molecule has 0 saturated carbocycles. The molecule has 3 radical (unpaired) electrons. The molecule has 0 aromatic rings. The van der Waals surface area contributed by atoms with Crippen LogP contribution < -0.4 is 0 Å². The van der Waals surface area contributed by atoms with Crippen LogP contribution in [0, 0.1) is 10.8 Å². The van der Waals surface area contributed by atoms with Crippen LogP contribution in [0.2, 0.25) is 37.2 Å². The Kier molecular flexibility index (Phi) is 32.2. The molecule has 0 amide bonds. The van der Waals surface area contributed by atoms with Crippen molar-refractivity contribution in [1.29, 1.82) is 0 Å². The molecule has 0 spiro atoms. The van der Waals surface area contributed by atoms with E-state index in [1.165, 1.54) is 0 Å². The van der Waals surface area contributed by atoms with Crippen molar-refractivity contribution in [2.75, 3.05) is 0 Å². The zero-order chi connectivity index (χ0) is 24.1. The molecule has 0 fully saturated rings. The van der Waals surface area contributed by atoms with Crippen molar-refractivity contribution in [1.82, 2.24) is 0 Å². The zero-order valence-electron chi connectivity index (χ0n) is 24.7. The molecule has 0 unspecified atom stereocenters. The predicted octanol–water partition coefficient (Wildman–Crippen LogP) is 11.1. The fraction of sp³-hybridized carbons (Fsp3) is 1.00. The van der Waals surface area contributed by atoms with Gasteiger partial charge < -0.3 is 0 Å². The van der Waals surface area contributed by atoms with Crippen LogP contribution in [-0.4, -0.2) is 33.5 Å². The summed E-state index contributed by atoms with van der Waals surface area (Å²) in [7, 11) is 0. The van der Waals surface area contributed by atoms with E-state index < -0.39 is 18.4 Å². The Balaban J connectivity index is -0.0000000430. The van der Waals surface area contributed by atoms with Gasteiger partial charge in [-0.25, -0.2) is 0 Å². The molecule has 0 aliphatic carbocycles. The Morgan fingerprint density at radius 1 is 0.517 bits per heavy atom. The van der Waals surface area contributed by atoms with E-state index in [0.29, 0.717) is 19.6 Å². The Hall–Kier alpha value is 0.929. The molecule has 181 valence electrons. The second-order valence-corrected chi connectivity index (χ2v) is 31.1. The minimum absolute atomic E-state index is 0. The van der Waals surface area contributed by atoms with E-state index in [1.54, 1.807) is 0 Å². The third-order valence-electron chi connectivity index (χ3n) is 3.98. The second-order valence-electron chi connectivity index (χ2n) is 14.0. The standard InChI is InChI=1S/C6H15B.2C5H12.C4H9.C2H6.CH4.3CH3.B.Sn/c1-6(2,3)7(4)5;2*1-5(2,3)4;1-4(2)3;1-2;;;;;;/h1-5H3;2*1-4H3;1-3H3;1-2H3;1H4;3*1H3;;. The molecule has 0 saturated heterocycles. The second kappa shape index (κ2) is 19.6. The predicted molar refractivity (Wildman–Crippen MR) is 154 cm³/mol. The molecular formula is C26H67B2Sn. The van der Waals surface area contributed by atoms with Gasteiger partial charge in [0.05, 0.1) is 0 Å². The molecule has 0 atom stereocenters. The van der Waals surface area contributed by atoms with Crippen LogP contribution in [0.15, 0.2) is 0 Å². The van der Waals surface area contributed by atoms with Gasteiger partial charge in [0.1, 0.15) is 6.71 Å². The van der Waals surface area contributed by atoms with Gasteiger partial charge in [-0.05, 0) is 10.8 Å². The molecule has 0 bridgehead atoms. The quantitative estimate of drug-likeness (QED) is 0.279. The summed E-state index contributed by atoms with van der Waals surface area (Å²) in [5.41, 5.74) is 1.00. The number of hydrogen-bond acceptors (Lipinski definition) is 0. The monoisotopic (exact) mass is 521 g/mol. The third-order valence-corrected chi connectivity index (χ3v) is 16.8. The summed E-state index contributed by atoms with van der Waals surface area (Å²) < 4.78 is 0.648. The molecule has 0 heterocycles. The van der Waals surface area contributed by atoms with Crippen LogP contribution in [0.25, 0.3) is 0 Å². The van der Waals surface area contributed by atoms with E-state index in [0.717, 1.165) is 6.71 Å². The Morgan fingerprint density at radius 3 is 0.586 bits per heavy atom. The molecule has 3 heteroatoms. The largest absolute Gasteiger partial charge is 0 e. The SMILES string of the molecule is C.CB(C)C(C)(C)C.CC.CC(C)(C)C.CC(C)(C)C.C[C](C)(C)[Sn]([CH3])([CH3])[CH3].[B]. The molecule has 0 aliphatic heterocycles. The molecule has 0 rings (SSSR count). The Bertz CT molecular complexity index is 264. The molecule has 0 aromatic carbocycles. The van der Waals surface area contributed by atoms with Gasteiger partial charge in [-0.15, -0.1) is 0 Å². The maximum Gasteiger partial charge on any atom is 0 e. The first-order valence-corrected chi connectivity index (χ1v) is 21.2. The molecule has 0 aromatic heterocycles. The van der Waals surface area contributed by atoms with Crippen molar-refractivity contribution in [3.63, 3.8) is 0 Å². The fourth-order valence-corrected chi connectivity index (χ4v) is 0. The van der Waals surface area contributed by atoms with Crippen LogP contribution >= 0.6 is 0 Å². The number of hydrogen-bond donors (Lipinski definition) is 0. The summed E-state index contributed by atoms with van der Waals surface area (Å²) in [5, 5.41) is 0.500. The first-order chi connectivity index (χ1) is 11.2. The van der Waals surface area contributed by atoms with Crippen molar-refractivity contribution in [3.8, 4) is 0 Å². The van der Waals surface area contributed by atoms with Gasteiger partial charge in [0.25, 0.3) is 0 Å². The summed E-state index contributed by atoms with van der Waals surface area (Å²) in [6, 6.07) is 0. The van der Waals surface area contributed by atoms with Crippen LogP contribution in [0.5, 0.6) is 0 Å². The van der Waals surface area contributed by atoms with E-state index in [9.17, 15) is 0 Å². The van der Waals surface area contributed by atoms with E-state index in [2.05, 4.69) is 125 Å². The zero-order valence-corrected chi connectivity index (χ0v) is 27.5. The van der Waals surface area contributed by atoms with Crippen LogP contribution in [0.3, 0.4) is 0 Å². The van der Waals surface area contributed by atoms with Crippen LogP contribution in [0.1, 0.15) is 118 Å². The summed E-state index contributed by atoms with van der Waals surface area (Å²) in [5.74, 6) is 0. The maximum atomic E-state index is 2.48. The molecule has 0 nitrogen and oxygen atoms in total. The first-order valence-electron chi connectivity index (χ1n) is 11.2. The van der Waals surface area contributed by atoms with Crippen molar-refractivity contribution >= 4 is 33.5 Å². The van der Waals surface area contributed by atoms with Gasteiger partial charge in [-0.3, -0.25) is 0 Å². The van der Waals surface area contributed by atoms with Gasteiger partial charge >= 0.3 is 57.4 Å². The average Bonchev–Trinajstić information content (AvgIpc) is 2.23. The van der Waals surface area contributed by atoms with Gasteiger partial charge in [0.15, 0.2) is 0 Å². The van der Waals surface area contributed by atoms with E-state index in [1.807, 2.05) is 13.8 Å². The van der Waals surface area contributed by atoms with Gasteiger partial charge in [0, 0.05) is 8.41 Å². The van der Waals surface area contributed by atoms with E-state index in [4.69, 9.17) is 0 Å². The van der Waals surface area contributed by atoms with Crippen molar-refractivity contribution in [3.05, 3.63) is 0 Å². The summed E-state index contributed by atoms with van der Waals surface area (Å²) >= 11 is -1.52. The Morgan fingerprint density at radius 2 is 0.586 bits per heavy atom. The van der Waals surface area contributed by atoms with Crippen molar-refractivity contribution < 1.29 is 0 Å². The van der Waals surface area contributed by atoms with Crippen molar-refractivity contribution in [2.24, 2.45) is 10.8 Å². The summed E-state index contributed by atoms with van der Waals surface area (Å²) in [4.78, 5) is 7.44. The summed E-state index contributed by atoms with van der Waals surface area (Å²) in [6.07, 6.45) is 0.